The van der Waals surface area contributed by atoms with E-state index in [-0.39, 0.29) is 5.91 Å². The SMILES string of the molecule is Cc1nc(Cl)ccc1NC1CCN(CC(=O)N(C)C)CC1. The first-order chi connectivity index (χ1) is 9.95. The van der Waals surface area contributed by atoms with E-state index in [4.69, 9.17) is 11.6 Å². The van der Waals surface area contributed by atoms with E-state index in [0.717, 1.165) is 37.3 Å². The molecule has 2 heterocycles. The highest BCUT2D eigenvalue weighted by atomic mass is 35.5. The zero-order chi connectivity index (χ0) is 15.4. The van der Waals surface area contributed by atoms with Crippen molar-refractivity contribution < 1.29 is 4.79 Å². The number of likely N-dealkylation sites (tertiary alicyclic amines) is 1. The Morgan fingerprint density at radius 3 is 2.67 bits per heavy atom. The van der Waals surface area contributed by atoms with Crippen LogP contribution in [0.5, 0.6) is 0 Å². The Morgan fingerprint density at radius 2 is 2.10 bits per heavy atom. The van der Waals surface area contributed by atoms with Gasteiger partial charge in [0, 0.05) is 33.2 Å². The average molecular weight is 311 g/mol. The second-order valence-corrected chi connectivity index (χ2v) is 6.14. The van der Waals surface area contributed by atoms with Crippen molar-refractivity contribution in [2.45, 2.75) is 25.8 Å². The minimum atomic E-state index is 0.166. The number of pyridine rings is 1. The van der Waals surface area contributed by atoms with Crippen LogP contribution >= 0.6 is 11.6 Å². The number of likely N-dealkylation sites (N-methyl/N-ethyl adjacent to an activating group) is 1. The van der Waals surface area contributed by atoms with Crippen LogP contribution in [0.25, 0.3) is 0 Å². The molecule has 1 aliphatic rings. The molecule has 0 saturated carbocycles. The summed E-state index contributed by atoms with van der Waals surface area (Å²) in [5.74, 6) is 0.166. The van der Waals surface area contributed by atoms with Crippen molar-refractivity contribution in [3.8, 4) is 0 Å². The van der Waals surface area contributed by atoms with Gasteiger partial charge in [0.2, 0.25) is 5.91 Å². The van der Waals surface area contributed by atoms with E-state index < -0.39 is 0 Å². The van der Waals surface area contributed by atoms with E-state index in [1.54, 1.807) is 19.0 Å². The average Bonchev–Trinajstić information content (AvgIpc) is 2.43. The predicted octanol–water partition coefficient (Wildman–Crippen LogP) is 2.01. The molecule has 0 aliphatic carbocycles. The monoisotopic (exact) mass is 310 g/mol. The Kier molecular flexibility index (Phi) is 5.42. The maximum Gasteiger partial charge on any atom is 0.236 e. The summed E-state index contributed by atoms with van der Waals surface area (Å²) in [6.45, 7) is 4.36. The predicted molar refractivity (Wildman–Crippen MR) is 85.8 cm³/mol. The fourth-order valence-corrected chi connectivity index (χ4v) is 2.66. The third-order valence-corrected chi connectivity index (χ3v) is 4.07. The van der Waals surface area contributed by atoms with Crippen LogP contribution in [0.4, 0.5) is 5.69 Å². The third kappa shape index (κ3) is 4.58. The van der Waals surface area contributed by atoms with Gasteiger partial charge in [0.25, 0.3) is 0 Å². The van der Waals surface area contributed by atoms with E-state index in [1.165, 1.54) is 0 Å². The smallest absolute Gasteiger partial charge is 0.236 e. The summed E-state index contributed by atoms with van der Waals surface area (Å²) in [6.07, 6.45) is 2.06. The van der Waals surface area contributed by atoms with E-state index in [0.29, 0.717) is 17.7 Å². The lowest BCUT2D eigenvalue weighted by Gasteiger charge is -2.33. The minimum Gasteiger partial charge on any atom is -0.381 e. The van der Waals surface area contributed by atoms with Gasteiger partial charge in [0.05, 0.1) is 17.9 Å². The van der Waals surface area contributed by atoms with Gasteiger partial charge in [-0.1, -0.05) is 11.6 Å². The number of carbonyl (C=O) groups excluding carboxylic acids is 1. The lowest BCUT2D eigenvalue weighted by atomic mass is 10.0. The van der Waals surface area contributed by atoms with Crippen molar-refractivity contribution in [2.24, 2.45) is 0 Å². The van der Waals surface area contributed by atoms with E-state index >= 15 is 0 Å². The Labute approximate surface area is 131 Å². The highest BCUT2D eigenvalue weighted by molar-refractivity contribution is 6.29. The number of hydrogen-bond acceptors (Lipinski definition) is 4. The summed E-state index contributed by atoms with van der Waals surface area (Å²) in [6, 6.07) is 4.21. The summed E-state index contributed by atoms with van der Waals surface area (Å²) in [5.41, 5.74) is 1.97. The highest BCUT2D eigenvalue weighted by Crippen LogP contribution is 2.20. The molecular weight excluding hydrogens is 288 g/mol. The molecule has 0 aromatic carbocycles. The first kappa shape index (κ1) is 16.0. The topological polar surface area (TPSA) is 48.5 Å². The number of aromatic nitrogens is 1. The van der Waals surface area contributed by atoms with Crippen LogP contribution in [0.3, 0.4) is 0 Å². The lowest BCUT2D eigenvalue weighted by molar-refractivity contribution is -0.130. The molecule has 1 amide bonds. The number of carbonyl (C=O) groups is 1. The van der Waals surface area contributed by atoms with Gasteiger partial charge in [-0.05, 0) is 31.9 Å². The number of anilines is 1. The normalized spacial score (nSPS) is 16.8. The first-order valence-corrected chi connectivity index (χ1v) is 7.65. The van der Waals surface area contributed by atoms with Gasteiger partial charge in [-0.2, -0.15) is 0 Å². The van der Waals surface area contributed by atoms with Gasteiger partial charge >= 0.3 is 0 Å². The van der Waals surface area contributed by atoms with Crippen molar-refractivity contribution in [1.82, 2.24) is 14.8 Å². The molecule has 1 aromatic rings. The summed E-state index contributed by atoms with van der Waals surface area (Å²) in [5, 5.41) is 4.05. The van der Waals surface area contributed by atoms with Gasteiger partial charge in [0.1, 0.15) is 5.15 Å². The number of hydrogen-bond donors (Lipinski definition) is 1. The highest BCUT2D eigenvalue weighted by Gasteiger charge is 2.21. The lowest BCUT2D eigenvalue weighted by Crippen LogP contribution is -2.44. The van der Waals surface area contributed by atoms with Gasteiger partial charge in [0.15, 0.2) is 0 Å². The Balaban J connectivity index is 1.83. The zero-order valence-corrected chi connectivity index (χ0v) is 13.7. The fraction of sp³-hybridized carbons (Fsp3) is 0.600. The Hall–Kier alpha value is -1.33. The number of piperidine rings is 1. The van der Waals surface area contributed by atoms with Gasteiger partial charge < -0.3 is 10.2 Å². The molecule has 2 rings (SSSR count). The number of aryl methyl sites for hydroxylation is 1. The van der Waals surface area contributed by atoms with Gasteiger partial charge in [-0.3, -0.25) is 9.69 Å². The minimum absolute atomic E-state index is 0.166. The molecule has 0 bridgehead atoms. The second-order valence-electron chi connectivity index (χ2n) is 5.75. The van der Waals surface area contributed by atoms with Crippen LogP contribution in [0.2, 0.25) is 5.15 Å². The van der Waals surface area contributed by atoms with Crippen molar-refractivity contribution in [3.63, 3.8) is 0 Å². The molecule has 6 heteroatoms. The van der Waals surface area contributed by atoms with Crippen LogP contribution in [0.15, 0.2) is 12.1 Å². The molecule has 21 heavy (non-hydrogen) atoms. The van der Waals surface area contributed by atoms with Crippen LogP contribution in [-0.4, -0.2) is 60.5 Å². The van der Waals surface area contributed by atoms with Gasteiger partial charge in [-0.15, -0.1) is 0 Å². The number of nitrogens with zero attached hydrogens (tertiary/aromatic N) is 3. The second kappa shape index (κ2) is 7.09. The maximum absolute atomic E-state index is 11.7. The van der Waals surface area contributed by atoms with Crippen LogP contribution in [0.1, 0.15) is 18.5 Å². The Morgan fingerprint density at radius 1 is 1.43 bits per heavy atom. The van der Waals surface area contributed by atoms with Gasteiger partial charge in [-0.25, -0.2) is 4.98 Å². The quantitative estimate of drug-likeness (QED) is 0.864. The molecule has 116 valence electrons. The molecule has 1 aliphatic heterocycles. The first-order valence-electron chi connectivity index (χ1n) is 7.28. The zero-order valence-electron chi connectivity index (χ0n) is 12.9. The van der Waals surface area contributed by atoms with Crippen LogP contribution in [0, 0.1) is 6.92 Å². The van der Waals surface area contributed by atoms with E-state index in [9.17, 15) is 4.79 Å². The largest absolute Gasteiger partial charge is 0.381 e. The number of halogens is 1. The van der Waals surface area contributed by atoms with E-state index in [1.807, 2.05) is 19.1 Å². The molecule has 1 saturated heterocycles. The number of rotatable bonds is 4. The Bertz CT molecular complexity index is 498. The van der Waals surface area contributed by atoms with Crippen molar-refractivity contribution in [1.29, 1.82) is 0 Å². The molecule has 5 nitrogen and oxygen atoms in total. The third-order valence-electron chi connectivity index (χ3n) is 3.86. The van der Waals surface area contributed by atoms with Crippen molar-refractivity contribution in [2.75, 3.05) is 39.0 Å². The number of nitrogens with one attached hydrogen (secondary N) is 1. The maximum atomic E-state index is 11.7. The molecule has 0 radical (unpaired) electrons. The summed E-state index contributed by atoms with van der Waals surface area (Å²) >= 11 is 5.87. The van der Waals surface area contributed by atoms with Crippen molar-refractivity contribution in [3.05, 3.63) is 23.0 Å². The van der Waals surface area contributed by atoms with Crippen LogP contribution < -0.4 is 5.32 Å². The molecule has 0 atom stereocenters. The number of amides is 1. The fourth-order valence-electron chi connectivity index (χ4n) is 2.47. The molecule has 0 unspecified atom stereocenters. The standard InChI is InChI=1S/C15H23ClN4O/c1-11-13(4-5-14(16)17-11)18-12-6-8-20(9-7-12)10-15(21)19(2)3/h4-5,12,18H,6-10H2,1-3H3. The summed E-state index contributed by atoms with van der Waals surface area (Å²) < 4.78 is 0. The molecular formula is C15H23ClN4O. The van der Waals surface area contributed by atoms with Crippen molar-refractivity contribution >= 4 is 23.2 Å². The van der Waals surface area contributed by atoms with E-state index in [2.05, 4.69) is 15.2 Å². The van der Waals surface area contributed by atoms with Crippen LogP contribution in [-0.2, 0) is 4.79 Å². The molecule has 0 spiro atoms. The molecule has 1 fully saturated rings. The molecule has 1 N–H and O–H groups in total. The summed E-state index contributed by atoms with van der Waals surface area (Å²) in [7, 11) is 3.60. The summed E-state index contributed by atoms with van der Waals surface area (Å²) in [4.78, 5) is 19.8. The molecule has 1 aromatic heterocycles.